The van der Waals surface area contributed by atoms with Crippen LogP contribution in [0.4, 0.5) is 16.6 Å². The number of hydrogen-bond acceptors (Lipinski definition) is 9. The monoisotopic (exact) mass is 326 g/mol. The Labute approximate surface area is 129 Å². The Kier molecular flexibility index (Phi) is 4.91. The molecule has 0 aliphatic carbocycles. The Morgan fingerprint density at radius 2 is 2.19 bits per heavy atom. The molecule has 0 fully saturated rings. The van der Waals surface area contributed by atoms with Gasteiger partial charge in [0.25, 0.3) is 5.69 Å². The highest BCUT2D eigenvalue weighted by Gasteiger charge is 2.14. The average Bonchev–Trinajstić information content (AvgIpc) is 2.87. The summed E-state index contributed by atoms with van der Waals surface area (Å²) < 4.78 is 0.689. The first kappa shape index (κ1) is 15.4. The molecule has 0 saturated carbocycles. The fourth-order valence-electron chi connectivity index (χ4n) is 1.43. The molecule has 0 unspecified atom stereocenters. The molecular formula is C11H14N6O2S2. The second kappa shape index (κ2) is 6.68. The third kappa shape index (κ3) is 4.02. The highest BCUT2D eigenvalue weighted by molar-refractivity contribution is 8.01. The van der Waals surface area contributed by atoms with Crippen molar-refractivity contribution in [1.82, 2.24) is 15.2 Å². The Hall–Kier alpha value is -1.94. The van der Waals surface area contributed by atoms with E-state index in [0.29, 0.717) is 21.7 Å². The number of aromatic nitrogens is 3. The molecule has 0 aliphatic rings. The Morgan fingerprint density at radius 3 is 2.76 bits per heavy atom. The van der Waals surface area contributed by atoms with E-state index in [1.165, 1.54) is 35.2 Å². The summed E-state index contributed by atoms with van der Waals surface area (Å²) in [6, 6.07) is 2.85. The number of pyridine rings is 1. The first-order valence-corrected chi connectivity index (χ1v) is 7.72. The second-order valence-electron chi connectivity index (χ2n) is 4.18. The van der Waals surface area contributed by atoms with Crippen LogP contribution in [0.2, 0.25) is 0 Å². The summed E-state index contributed by atoms with van der Waals surface area (Å²) in [6.45, 7) is 2.54. The minimum absolute atomic E-state index is 0.000739. The zero-order valence-electron chi connectivity index (χ0n) is 11.7. The van der Waals surface area contributed by atoms with Crippen molar-refractivity contribution in [3.8, 4) is 0 Å². The zero-order chi connectivity index (χ0) is 15.4. The van der Waals surface area contributed by atoms with Crippen LogP contribution in [0.5, 0.6) is 0 Å². The Morgan fingerprint density at radius 1 is 1.43 bits per heavy atom. The van der Waals surface area contributed by atoms with Gasteiger partial charge in [-0.1, -0.05) is 11.3 Å². The van der Waals surface area contributed by atoms with Gasteiger partial charge in [-0.2, -0.15) is 0 Å². The molecule has 0 radical (unpaired) electrons. The summed E-state index contributed by atoms with van der Waals surface area (Å²) >= 11 is 2.67. The summed E-state index contributed by atoms with van der Waals surface area (Å²) in [5.74, 6) is 0.478. The molecule has 1 N–H and O–H groups in total. The molecule has 2 aromatic rings. The summed E-state index contributed by atoms with van der Waals surface area (Å²) in [5, 5.41) is 23.3. The predicted octanol–water partition coefficient (Wildman–Crippen LogP) is 2.49. The molecule has 0 saturated heterocycles. The van der Waals surface area contributed by atoms with Crippen LogP contribution in [0.3, 0.4) is 0 Å². The molecule has 0 amide bonds. The maximum atomic E-state index is 11.0. The zero-order valence-corrected chi connectivity index (χ0v) is 13.4. The smallest absolute Gasteiger partial charge is 0.275 e. The first-order chi connectivity index (χ1) is 9.99. The third-order valence-electron chi connectivity index (χ3n) is 2.33. The van der Waals surface area contributed by atoms with E-state index in [9.17, 15) is 10.1 Å². The van der Waals surface area contributed by atoms with E-state index in [1.54, 1.807) is 0 Å². The largest absolute Gasteiger partial charge is 0.370 e. The lowest BCUT2D eigenvalue weighted by Crippen LogP contribution is -2.07. The number of nitrogens with zero attached hydrogens (tertiary/aromatic N) is 5. The molecule has 10 heteroatoms. The predicted molar refractivity (Wildman–Crippen MR) is 83.4 cm³/mol. The molecule has 112 valence electrons. The van der Waals surface area contributed by atoms with Gasteiger partial charge >= 0.3 is 0 Å². The quantitative estimate of drug-likeness (QED) is 0.639. The van der Waals surface area contributed by atoms with E-state index in [1.807, 2.05) is 25.9 Å². The number of nitrogens with one attached hydrogen (secondary N) is 1. The van der Waals surface area contributed by atoms with Crippen molar-refractivity contribution in [2.75, 3.05) is 30.9 Å². The lowest BCUT2D eigenvalue weighted by Gasteiger charge is -2.05. The van der Waals surface area contributed by atoms with Crippen LogP contribution < -0.4 is 10.2 Å². The van der Waals surface area contributed by atoms with Crippen molar-refractivity contribution in [2.24, 2.45) is 0 Å². The van der Waals surface area contributed by atoms with Gasteiger partial charge in [0.2, 0.25) is 5.13 Å². The minimum Gasteiger partial charge on any atom is -0.370 e. The van der Waals surface area contributed by atoms with Crippen LogP contribution in [-0.2, 0) is 0 Å². The number of nitro groups is 1. The van der Waals surface area contributed by atoms with Crippen molar-refractivity contribution in [1.29, 1.82) is 0 Å². The maximum Gasteiger partial charge on any atom is 0.275 e. The van der Waals surface area contributed by atoms with Crippen LogP contribution in [0.1, 0.15) is 6.92 Å². The average molecular weight is 326 g/mol. The Balaban J connectivity index is 2.26. The Bertz CT molecular complexity index is 645. The van der Waals surface area contributed by atoms with Gasteiger partial charge in [-0.3, -0.25) is 10.1 Å². The topological polar surface area (TPSA) is 97.1 Å². The summed E-state index contributed by atoms with van der Waals surface area (Å²) in [7, 11) is 3.76. The molecule has 0 spiro atoms. The molecule has 2 heterocycles. The van der Waals surface area contributed by atoms with Crippen molar-refractivity contribution < 1.29 is 4.92 Å². The second-order valence-corrected chi connectivity index (χ2v) is 6.41. The summed E-state index contributed by atoms with van der Waals surface area (Å²) in [4.78, 5) is 16.7. The van der Waals surface area contributed by atoms with Crippen molar-refractivity contribution >= 4 is 39.7 Å². The molecule has 2 rings (SSSR count). The normalized spacial score (nSPS) is 10.4. The van der Waals surface area contributed by atoms with Gasteiger partial charge in [-0.15, -0.1) is 10.2 Å². The first-order valence-electron chi connectivity index (χ1n) is 6.08. The van der Waals surface area contributed by atoms with E-state index in [0.717, 1.165) is 5.13 Å². The van der Waals surface area contributed by atoms with Crippen molar-refractivity contribution in [2.45, 2.75) is 16.3 Å². The molecule has 0 bridgehead atoms. The fourth-order valence-corrected chi connectivity index (χ4v) is 3.17. The lowest BCUT2D eigenvalue weighted by atomic mass is 10.4. The van der Waals surface area contributed by atoms with Crippen LogP contribution >= 0.6 is 23.1 Å². The van der Waals surface area contributed by atoms with Gasteiger partial charge in [0.15, 0.2) is 4.34 Å². The van der Waals surface area contributed by atoms with Crippen LogP contribution in [0, 0.1) is 10.1 Å². The van der Waals surface area contributed by atoms with Crippen LogP contribution in [0.25, 0.3) is 0 Å². The van der Waals surface area contributed by atoms with Crippen molar-refractivity contribution in [3.05, 3.63) is 22.2 Å². The molecule has 21 heavy (non-hydrogen) atoms. The van der Waals surface area contributed by atoms with Crippen LogP contribution in [-0.4, -0.2) is 40.7 Å². The SMILES string of the molecule is CCNc1cc([N+](=O)[O-])cc(Sc2nnc(N(C)C)s2)n1. The van der Waals surface area contributed by atoms with Gasteiger partial charge in [-0.25, -0.2) is 4.98 Å². The molecule has 0 aromatic carbocycles. The lowest BCUT2D eigenvalue weighted by molar-refractivity contribution is -0.385. The van der Waals surface area contributed by atoms with Crippen molar-refractivity contribution in [3.63, 3.8) is 0 Å². The van der Waals surface area contributed by atoms with E-state index < -0.39 is 4.92 Å². The number of anilines is 2. The highest BCUT2D eigenvalue weighted by Crippen LogP contribution is 2.34. The van der Waals surface area contributed by atoms with E-state index in [-0.39, 0.29) is 5.69 Å². The number of hydrogen-bond donors (Lipinski definition) is 1. The van der Waals surface area contributed by atoms with Crippen LogP contribution in [0.15, 0.2) is 21.5 Å². The van der Waals surface area contributed by atoms with Gasteiger partial charge in [0.1, 0.15) is 10.8 Å². The van der Waals surface area contributed by atoms with Gasteiger partial charge in [0.05, 0.1) is 11.0 Å². The third-order valence-corrected chi connectivity index (χ3v) is 4.39. The molecule has 2 aromatic heterocycles. The van der Waals surface area contributed by atoms with Gasteiger partial charge in [-0.05, 0) is 18.7 Å². The standard InChI is InChI=1S/C11H14N6O2S2/c1-4-12-8-5-7(17(18)19)6-9(13-8)20-11-15-14-10(21-11)16(2)3/h5-6H,4H2,1-3H3,(H,12,13). The molecule has 0 atom stereocenters. The van der Waals surface area contributed by atoms with E-state index in [2.05, 4.69) is 20.5 Å². The highest BCUT2D eigenvalue weighted by atomic mass is 32.2. The van der Waals surface area contributed by atoms with E-state index in [4.69, 9.17) is 0 Å². The maximum absolute atomic E-state index is 11.0. The molecule has 8 nitrogen and oxygen atoms in total. The van der Waals surface area contributed by atoms with Gasteiger partial charge in [0, 0.05) is 26.7 Å². The molecular weight excluding hydrogens is 312 g/mol. The number of rotatable bonds is 6. The summed E-state index contributed by atoms with van der Waals surface area (Å²) in [6.07, 6.45) is 0. The van der Waals surface area contributed by atoms with Gasteiger partial charge < -0.3 is 10.2 Å². The van der Waals surface area contributed by atoms with E-state index >= 15 is 0 Å². The molecule has 0 aliphatic heterocycles. The summed E-state index contributed by atoms with van der Waals surface area (Å²) in [5.41, 5.74) is 0.000739. The fraction of sp³-hybridized carbons (Fsp3) is 0.364. The minimum atomic E-state index is -0.433.